The maximum Gasteiger partial charge on any atom is 0.253 e. The Morgan fingerprint density at radius 3 is 2.90 bits per heavy atom. The van der Waals surface area contributed by atoms with Crippen LogP contribution in [-0.2, 0) is 6.42 Å². The van der Waals surface area contributed by atoms with Crippen LogP contribution in [0.4, 0.5) is 5.69 Å². The van der Waals surface area contributed by atoms with E-state index in [2.05, 4.69) is 23.5 Å². The highest BCUT2D eigenvalue weighted by molar-refractivity contribution is 5.99. The predicted octanol–water partition coefficient (Wildman–Crippen LogP) is 2.65. The molecule has 1 aliphatic carbocycles. The number of benzene rings is 2. The minimum absolute atomic E-state index is 0.0874. The van der Waals surface area contributed by atoms with Crippen LogP contribution in [0.15, 0.2) is 42.5 Å². The van der Waals surface area contributed by atoms with Gasteiger partial charge in [0.25, 0.3) is 5.91 Å². The number of nitrogens with two attached hydrogens (primary N) is 1. The number of aryl methyl sites for hydroxylation is 1. The second kappa shape index (κ2) is 5.00. The summed E-state index contributed by atoms with van der Waals surface area (Å²) in [5, 5.41) is 2.99. The van der Waals surface area contributed by atoms with Crippen molar-refractivity contribution >= 4 is 11.6 Å². The lowest BCUT2D eigenvalue weighted by molar-refractivity contribution is 0.0951. The molecule has 2 aromatic carbocycles. The average Bonchev–Trinajstić information content (AvgIpc) is 2.42. The number of hydrogen-bond donors (Lipinski definition) is 2. The molecule has 0 bridgehead atoms. The van der Waals surface area contributed by atoms with Gasteiger partial charge in [0.05, 0.1) is 5.56 Å². The van der Waals surface area contributed by atoms with E-state index in [9.17, 15) is 4.79 Å². The number of carbonyl (C=O) groups is 1. The molecule has 1 amide bonds. The summed E-state index contributed by atoms with van der Waals surface area (Å²) in [6.45, 7) is 2.63. The number of carbonyl (C=O) groups excluding carboxylic acids is 1. The van der Waals surface area contributed by atoms with Crippen molar-refractivity contribution in [3.05, 3.63) is 64.7 Å². The number of fused-ring (bicyclic) bond motifs is 1. The van der Waals surface area contributed by atoms with Crippen molar-refractivity contribution in [2.45, 2.75) is 19.3 Å². The first-order chi connectivity index (χ1) is 9.65. The van der Waals surface area contributed by atoms with Gasteiger partial charge in [-0.1, -0.05) is 35.9 Å². The number of hydrogen-bond acceptors (Lipinski definition) is 2. The van der Waals surface area contributed by atoms with Crippen molar-refractivity contribution in [3.8, 4) is 0 Å². The van der Waals surface area contributed by atoms with Gasteiger partial charge in [-0.05, 0) is 36.6 Å². The highest BCUT2D eigenvalue weighted by atomic mass is 16.1. The van der Waals surface area contributed by atoms with Crippen LogP contribution >= 0.6 is 0 Å². The van der Waals surface area contributed by atoms with Crippen LogP contribution in [0.3, 0.4) is 0 Å². The molecule has 0 aromatic heterocycles. The van der Waals surface area contributed by atoms with E-state index in [1.54, 1.807) is 6.07 Å². The molecule has 1 atom stereocenters. The van der Waals surface area contributed by atoms with E-state index in [1.165, 1.54) is 11.1 Å². The second-order valence-electron chi connectivity index (χ2n) is 5.40. The second-order valence-corrected chi connectivity index (χ2v) is 5.40. The Morgan fingerprint density at radius 2 is 2.10 bits per heavy atom. The summed E-state index contributed by atoms with van der Waals surface area (Å²) in [6, 6.07) is 13.9. The Balaban J connectivity index is 1.65. The van der Waals surface area contributed by atoms with Crippen molar-refractivity contribution < 1.29 is 4.79 Å². The molecule has 1 aliphatic rings. The highest BCUT2D eigenvalue weighted by Gasteiger charge is 2.25. The predicted molar refractivity (Wildman–Crippen MR) is 80.8 cm³/mol. The van der Waals surface area contributed by atoms with Gasteiger partial charge in [-0.3, -0.25) is 4.79 Å². The number of nitrogen functional groups attached to an aromatic ring is 1. The Hall–Kier alpha value is -2.29. The van der Waals surface area contributed by atoms with Gasteiger partial charge in [0.1, 0.15) is 0 Å². The Kier molecular flexibility index (Phi) is 3.18. The Morgan fingerprint density at radius 1 is 1.30 bits per heavy atom. The minimum Gasteiger partial charge on any atom is -0.398 e. The largest absolute Gasteiger partial charge is 0.398 e. The van der Waals surface area contributed by atoms with E-state index in [-0.39, 0.29) is 5.91 Å². The molecule has 0 radical (unpaired) electrons. The zero-order valence-electron chi connectivity index (χ0n) is 11.5. The maximum absolute atomic E-state index is 12.2. The lowest BCUT2D eigenvalue weighted by atomic mass is 9.77. The molecular formula is C17H18N2O. The summed E-state index contributed by atoms with van der Waals surface area (Å²) >= 11 is 0. The zero-order valence-corrected chi connectivity index (χ0v) is 11.5. The van der Waals surface area contributed by atoms with Gasteiger partial charge in [-0.25, -0.2) is 0 Å². The third kappa shape index (κ3) is 2.27. The van der Waals surface area contributed by atoms with Gasteiger partial charge in [0.2, 0.25) is 0 Å². The highest BCUT2D eigenvalue weighted by Crippen LogP contribution is 2.34. The fourth-order valence-corrected chi connectivity index (χ4v) is 2.72. The number of anilines is 1. The molecule has 3 heteroatoms. The van der Waals surface area contributed by atoms with Gasteiger partial charge in [-0.15, -0.1) is 0 Å². The summed E-state index contributed by atoms with van der Waals surface area (Å²) < 4.78 is 0. The van der Waals surface area contributed by atoms with Gasteiger partial charge in [-0.2, -0.15) is 0 Å². The van der Waals surface area contributed by atoms with Crippen LogP contribution in [-0.4, -0.2) is 12.5 Å². The van der Waals surface area contributed by atoms with Gasteiger partial charge < -0.3 is 11.1 Å². The molecule has 3 rings (SSSR count). The fourth-order valence-electron chi connectivity index (χ4n) is 2.72. The summed E-state index contributed by atoms with van der Waals surface area (Å²) in [6.07, 6.45) is 1.04. The lowest BCUT2D eigenvalue weighted by Gasteiger charge is -2.30. The third-order valence-electron chi connectivity index (χ3n) is 3.92. The first-order valence-electron chi connectivity index (χ1n) is 6.87. The fraction of sp³-hybridized carbons (Fsp3) is 0.235. The van der Waals surface area contributed by atoms with Crippen LogP contribution < -0.4 is 11.1 Å². The molecular weight excluding hydrogens is 248 g/mol. The van der Waals surface area contributed by atoms with Crippen LogP contribution in [0.25, 0.3) is 0 Å². The van der Waals surface area contributed by atoms with Crippen LogP contribution in [0.5, 0.6) is 0 Å². The van der Waals surface area contributed by atoms with E-state index >= 15 is 0 Å². The summed E-state index contributed by atoms with van der Waals surface area (Å²) in [7, 11) is 0. The van der Waals surface area contributed by atoms with Crippen molar-refractivity contribution in [1.29, 1.82) is 0 Å². The molecule has 3 N–H and O–H groups in total. The number of rotatable bonds is 3. The third-order valence-corrected chi connectivity index (χ3v) is 3.92. The van der Waals surface area contributed by atoms with Crippen molar-refractivity contribution in [2.24, 2.45) is 0 Å². The number of nitrogens with one attached hydrogen (secondary N) is 1. The zero-order chi connectivity index (χ0) is 14.1. The summed E-state index contributed by atoms with van der Waals surface area (Å²) in [4.78, 5) is 12.2. The van der Waals surface area contributed by atoms with Crippen molar-refractivity contribution in [1.82, 2.24) is 5.32 Å². The van der Waals surface area contributed by atoms with Crippen molar-refractivity contribution in [3.63, 3.8) is 0 Å². The number of amides is 1. The standard InChI is InChI=1S/C17H18N2O/c1-11-6-7-16(18)15(8-11)17(20)19-10-13-9-12-4-2-3-5-14(12)13/h2-8,13H,9-10,18H2,1H3,(H,19,20). The van der Waals surface area contributed by atoms with Gasteiger partial charge in [0, 0.05) is 18.2 Å². The van der Waals surface area contributed by atoms with Crippen molar-refractivity contribution in [2.75, 3.05) is 12.3 Å². The molecule has 1 unspecified atom stereocenters. The lowest BCUT2D eigenvalue weighted by Crippen LogP contribution is -2.33. The molecule has 2 aromatic rings. The molecule has 0 saturated carbocycles. The molecule has 0 saturated heterocycles. The quantitative estimate of drug-likeness (QED) is 0.839. The smallest absolute Gasteiger partial charge is 0.253 e. The molecule has 3 nitrogen and oxygen atoms in total. The summed E-state index contributed by atoms with van der Waals surface area (Å²) in [5.41, 5.74) is 10.7. The molecule has 0 fully saturated rings. The Bertz CT molecular complexity index is 664. The molecule has 0 aliphatic heterocycles. The van der Waals surface area contributed by atoms with E-state index in [0.717, 1.165) is 12.0 Å². The minimum atomic E-state index is -0.0874. The van der Waals surface area contributed by atoms with Crippen LogP contribution in [0, 0.1) is 6.92 Å². The topological polar surface area (TPSA) is 55.1 Å². The van der Waals surface area contributed by atoms with Gasteiger partial charge >= 0.3 is 0 Å². The maximum atomic E-state index is 12.2. The molecule has 0 heterocycles. The van der Waals surface area contributed by atoms with E-state index in [0.29, 0.717) is 23.7 Å². The van der Waals surface area contributed by atoms with Gasteiger partial charge in [0.15, 0.2) is 0 Å². The molecule has 20 heavy (non-hydrogen) atoms. The van der Waals surface area contributed by atoms with E-state index in [4.69, 9.17) is 5.73 Å². The first-order valence-corrected chi connectivity index (χ1v) is 6.87. The summed E-state index contributed by atoms with van der Waals surface area (Å²) in [5.74, 6) is 0.344. The van der Waals surface area contributed by atoms with Crippen LogP contribution in [0.2, 0.25) is 0 Å². The van der Waals surface area contributed by atoms with E-state index in [1.807, 2.05) is 25.1 Å². The molecule has 0 spiro atoms. The normalized spacial score (nSPS) is 16.1. The SMILES string of the molecule is Cc1ccc(N)c(C(=O)NCC2Cc3ccccc32)c1. The molecule has 102 valence electrons. The average molecular weight is 266 g/mol. The van der Waals surface area contributed by atoms with E-state index < -0.39 is 0 Å². The monoisotopic (exact) mass is 266 g/mol. The van der Waals surface area contributed by atoms with Crippen LogP contribution in [0.1, 0.15) is 33.0 Å². The Labute approximate surface area is 118 Å². The first kappa shape index (κ1) is 12.7.